The molecule has 1 aromatic rings. The molecule has 4 nitrogen and oxygen atoms in total. The molecule has 0 amide bonds. The molecule has 34 heavy (non-hydrogen) atoms. The third-order valence-corrected chi connectivity index (χ3v) is 6.92. The number of carbonyl (C=O) groups excluding carboxylic acids is 2. The Hall–Kier alpha value is -1.84. The Morgan fingerprint density at radius 2 is 1.21 bits per heavy atom. The van der Waals surface area contributed by atoms with Gasteiger partial charge in [0.05, 0.1) is 6.61 Å². The number of benzene rings is 1. The molecule has 0 aromatic heterocycles. The summed E-state index contributed by atoms with van der Waals surface area (Å²) in [6, 6.07) is 7.31. The summed E-state index contributed by atoms with van der Waals surface area (Å²) in [5.41, 5.74) is -0.232. The van der Waals surface area contributed by atoms with Crippen molar-refractivity contribution in [2.45, 2.75) is 130 Å². The van der Waals surface area contributed by atoms with Gasteiger partial charge in [-0.3, -0.25) is 9.59 Å². The van der Waals surface area contributed by atoms with Crippen LogP contribution >= 0.6 is 0 Å². The van der Waals surface area contributed by atoms with E-state index in [9.17, 15) is 9.59 Å². The van der Waals surface area contributed by atoms with Crippen molar-refractivity contribution < 1.29 is 19.1 Å². The van der Waals surface area contributed by atoms with Gasteiger partial charge in [0.2, 0.25) is 0 Å². The highest BCUT2D eigenvalue weighted by Crippen LogP contribution is 2.31. The summed E-state index contributed by atoms with van der Waals surface area (Å²) in [4.78, 5) is 25.7. The van der Waals surface area contributed by atoms with E-state index < -0.39 is 17.4 Å². The second-order valence-corrected chi connectivity index (χ2v) is 9.73. The van der Waals surface area contributed by atoms with Crippen LogP contribution in [0.15, 0.2) is 24.3 Å². The third kappa shape index (κ3) is 11.5. The molecule has 194 valence electrons. The Morgan fingerprint density at radius 3 is 1.68 bits per heavy atom. The van der Waals surface area contributed by atoms with Gasteiger partial charge in [0.25, 0.3) is 0 Å². The first-order valence-corrected chi connectivity index (χ1v) is 14.0. The van der Waals surface area contributed by atoms with Crippen LogP contribution in [0.3, 0.4) is 0 Å². The molecule has 0 spiro atoms. The van der Waals surface area contributed by atoms with Gasteiger partial charge in [-0.2, -0.15) is 0 Å². The summed E-state index contributed by atoms with van der Waals surface area (Å²) in [5, 5.41) is 0. The summed E-state index contributed by atoms with van der Waals surface area (Å²) in [6.07, 6.45) is 18.8. The van der Waals surface area contributed by atoms with Crippen LogP contribution in [0.5, 0.6) is 5.75 Å². The Balaban J connectivity index is 2.18. The average Bonchev–Trinajstić information content (AvgIpc) is 2.82. The van der Waals surface area contributed by atoms with E-state index in [2.05, 4.69) is 6.92 Å². The smallest absolute Gasteiger partial charge is 0.328 e. The van der Waals surface area contributed by atoms with Crippen molar-refractivity contribution in [2.24, 2.45) is 5.41 Å². The lowest BCUT2D eigenvalue weighted by Crippen LogP contribution is -2.42. The van der Waals surface area contributed by atoms with Gasteiger partial charge in [0.1, 0.15) is 5.75 Å². The van der Waals surface area contributed by atoms with E-state index >= 15 is 0 Å². The van der Waals surface area contributed by atoms with Crippen molar-refractivity contribution in [2.75, 3.05) is 6.61 Å². The molecule has 0 bridgehead atoms. The maximum absolute atomic E-state index is 12.9. The molecule has 0 saturated carbocycles. The Kier molecular flexibility index (Phi) is 16.4. The number of carbonyl (C=O) groups is 2. The minimum absolute atomic E-state index is 0.367. The third-order valence-electron chi connectivity index (χ3n) is 6.92. The second kappa shape index (κ2) is 18.5. The van der Waals surface area contributed by atoms with Gasteiger partial charge in [0.15, 0.2) is 5.41 Å². The normalized spacial score (nSPS) is 11.4. The highest BCUT2D eigenvalue weighted by molar-refractivity contribution is 6.00. The van der Waals surface area contributed by atoms with Crippen LogP contribution in [0, 0.1) is 12.3 Å². The molecule has 0 aliphatic heterocycles. The molecule has 1 aromatic carbocycles. The Bertz CT molecular complexity index is 678. The maximum Gasteiger partial charge on any atom is 0.328 e. The monoisotopic (exact) mass is 474 g/mol. The first-order chi connectivity index (χ1) is 16.5. The number of unbranched alkanes of at least 4 members (excludes halogenated alkanes) is 13. The summed E-state index contributed by atoms with van der Waals surface area (Å²) in [5.74, 6) is -0.505. The highest BCUT2D eigenvalue weighted by atomic mass is 16.6. The molecule has 4 heteroatoms. The zero-order chi connectivity index (χ0) is 25.1. The van der Waals surface area contributed by atoms with Crippen molar-refractivity contribution >= 4 is 11.9 Å². The largest absolute Gasteiger partial charge is 0.465 e. The van der Waals surface area contributed by atoms with Crippen molar-refractivity contribution in [3.63, 3.8) is 0 Å². The van der Waals surface area contributed by atoms with Crippen LogP contribution in [-0.2, 0) is 14.3 Å². The first-order valence-electron chi connectivity index (χ1n) is 14.0. The van der Waals surface area contributed by atoms with E-state index in [1.54, 1.807) is 12.1 Å². The van der Waals surface area contributed by atoms with Gasteiger partial charge in [-0.15, -0.1) is 0 Å². The first kappa shape index (κ1) is 30.2. The molecular formula is C30H50O4. The van der Waals surface area contributed by atoms with Crippen molar-refractivity contribution in [1.82, 2.24) is 0 Å². The van der Waals surface area contributed by atoms with Gasteiger partial charge in [-0.1, -0.05) is 116 Å². The number of rotatable bonds is 20. The topological polar surface area (TPSA) is 52.6 Å². The van der Waals surface area contributed by atoms with E-state index in [4.69, 9.17) is 9.47 Å². The molecule has 0 heterocycles. The minimum Gasteiger partial charge on any atom is -0.465 e. The summed E-state index contributed by atoms with van der Waals surface area (Å²) >= 11 is 0. The van der Waals surface area contributed by atoms with Crippen LogP contribution in [0.4, 0.5) is 0 Å². The molecule has 0 aliphatic rings. The zero-order valence-electron chi connectivity index (χ0n) is 22.5. The van der Waals surface area contributed by atoms with Crippen LogP contribution in [-0.4, -0.2) is 18.5 Å². The summed E-state index contributed by atoms with van der Waals surface area (Å²) < 4.78 is 11.1. The number of esters is 2. The Labute approximate surface area is 209 Å². The van der Waals surface area contributed by atoms with Crippen LogP contribution < -0.4 is 4.74 Å². The second-order valence-electron chi connectivity index (χ2n) is 9.73. The van der Waals surface area contributed by atoms with E-state index in [-0.39, 0.29) is 0 Å². The molecule has 0 N–H and O–H groups in total. The van der Waals surface area contributed by atoms with Crippen molar-refractivity contribution in [3.05, 3.63) is 29.8 Å². The number of hydrogen-bond acceptors (Lipinski definition) is 4. The predicted molar refractivity (Wildman–Crippen MR) is 141 cm³/mol. The minimum atomic E-state index is -1.24. The zero-order valence-corrected chi connectivity index (χ0v) is 22.5. The van der Waals surface area contributed by atoms with E-state index in [0.717, 1.165) is 18.4 Å². The summed E-state index contributed by atoms with van der Waals surface area (Å²) in [7, 11) is 0. The lowest BCUT2D eigenvalue weighted by atomic mass is 9.82. The number of hydrogen-bond donors (Lipinski definition) is 0. The fraction of sp³-hybridized carbons (Fsp3) is 0.733. The van der Waals surface area contributed by atoms with Crippen LogP contribution in [0.25, 0.3) is 0 Å². The molecule has 0 saturated heterocycles. The van der Waals surface area contributed by atoms with Gasteiger partial charge in [-0.05, 0) is 43.9 Å². The van der Waals surface area contributed by atoms with Crippen molar-refractivity contribution in [3.8, 4) is 5.75 Å². The van der Waals surface area contributed by atoms with Gasteiger partial charge in [0, 0.05) is 0 Å². The highest BCUT2D eigenvalue weighted by Gasteiger charge is 2.46. The fourth-order valence-corrected chi connectivity index (χ4v) is 4.39. The fourth-order valence-electron chi connectivity index (χ4n) is 4.39. The molecule has 0 aliphatic carbocycles. The maximum atomic E-state index is 12.9. The van der Waals surface area contributed by atoms with E-state index in [1.165, 1.54) is 77.0 Å². The molecule has 0 fully saturated rings. The SMILES string of the molecule is CCCCCCCCCCCCCCCCOC(=O)C(CC)(CC)C(=O)Oc1cccc(C)c1. The predicted octanol–water partition coefficient (Wildman–Crippen LogP) is 8.73. The van der Waals surface area contributed by atoms with E-state index in [0.29, 0.717) is 25.2 Å². The summed E-state index contributed by atoms with van der Waals surface area (Å²) in [6.45, 7) is 8.26. The molecule has 0 radical (unpaired) electrons. The quantitative estimate of drug-likeness (QED) is 0.0820. The molecule has 1 rings (SSSR count). The van der Waals surface area contributed by atoms with Crippen LogP contribution in [0.1, 0.15) is 129 Å². The lowest BCUT2D eigenvalue weighted by Gasteiger charge is -2.26. The Morgan fingerprint density at radius 1 is 0.706 bits per heavy atom. The molecular weight excluding hydrogens is 424 g/mol. The van der Waals surface area contributed by atoms with Gasteiger partial charge in [-0.25, -0.2) is 0 Å². The van der Waals surface area contributed by atoms with Gasteiger partial charge >= 0.3 is 11.9 Å². The standard InChI is InChI=1S/C30H50O4/c1-5-8-9-10-11-12-13-14-15-16-17-18-19-20-24-33-28(31)30(6-2,7-3)29(32)34-27-23-21-22-26(4)25-27/h21-23,25H,5-20,24H2,1-4H3. The molecule has 0 unspecified atom stereocenters. The average molecular weight is 475 g/mol. The van der Waals surface area contributed by atoms with Crippen molar-refractivity contribution in [1.29, 1.82) is 0 Å². The molecule has 0 atom stereocenters. The van der Waals surface area contributed by atoms with Crippen LogP contribution in [0.2, 0.25) is 0 Å². The lowest BCUT2D eigenvalue weighted by molar-refractivity contribution is -0.168. The number of aryl methyl sites for hydroxylation is 1. The van der Waals surface area contributed by atoms with E-state index in [1.807, 2.05) is 32.9 Å². The number of ether oxygens (including phenoxy) is 2. The van der Waals surface area contributed by atoms with Gasteiger partial charge < -0.3 is 9.47 Å².